The number of aromatic nitrogens is 2. The summed E-state index contributed by atoms with van der Waals surface area (Å²) in [7, 11) is 0. The highest BCUT2D eigenvalue weighted by atomic mass is 35.5. The van der Waals surface area contributed by atoms with Crippen LogP contribution in [-0.4, -0.2) is 27.7 Å². The highest BCUT2D eigenvalue weighted by Crippen LogP contribution is 2.26. The van der Waals surface area contributed by atoms with Crippen molar-refractivity contribution in [2.24, 2.45) is 0 Å². The van der Waals surface area contributed by atoms with Crippen LogP contribution < -0.4 is 10.1 Å². The molecule has 0 saturated heterocycles. The van der Waals surface area contributed by atoms with Gasteiger partial charge in [-0.25, -0.2) is 4.79 Å². The predicted octanol–water partition coefficient (Wildman–Crippen LogP) is 2.97. The zero-order valence-corrected chi connectivity index (χ0v) is 11.4. The third-order valence-corrected chi connectivity index (χ3v) is 2.70. The lowest BCUT2D eigenvalue weighted by atomic mass is 10.2. The lowest BCUT2D eigenvalue weighted by Gasteiger charge is -2.09. The number of carboxylic acid groups (broad SMARTS) is 1. The fourth-order valence-electron chi connectivity index (χ4n) is 1.51. The number of benzene rings is 1. The van der Waals surface area contributed by atoms with E-state index in [1.165, 1.54) is 24.5 Å². The van der Waals surface area contributed by atoms with Crippen molar-refractivity contribution in [2.75, 3.05) is 11.9 Å². The van der Waals surface area contributed by atoms with Gasteiger partial charge in [-0.3, -0.25) is 4.98 Å². The minimum Gasteiger partial charge on any atom is -0.478 e. The maximum absolute atomic E-state index is 10.8. The van der Waals surface area contributed by atoms with Gasteiger partial charge >= 0.3 is 5.97 Å². The molecule has 0 aliphatic carbocycles. The van der Waals surface area contributed by atoms with E-state index in [2.05, 4.69) is 15.3 Å². The van der Waals surface area contributed by atoms with E-state index in [4.69, 9.17) is 21.4 Å². The number of anilines is 2. The minimum atomic E-state index is -1.03. The van der Waals surface area contributed by atoms with Crippen molar-refractivity contribution in [1.82, 2.24) is 9.97 Å². The molecule has 0 fully saturated rings. The van der Waals surface area contributed by atoms with Crippen molar-refractivity contribution in [3.05, 3.63) is 41.2 Å². The summed E-state index contributed by atoms with van der Waals surface area (Å²) >= 11 is 6.02. The van der Waals surface area contributed by atoms with Gasteiger partial charge in [-0.15, -0.1) is 0 Å². The summed E-state index contributed by atoms with van der Waals surface area (Å²) < 4.78 is 5.24. The van der Waals surface area contributed by atoms with Gasteiger partial charge in [0.2, 0.25) is 5.88 Å². The first-order valence-corrected chi connectivity index (χ1v) is 6.22. The summed E-state index contributed by atoms with van der Waals surface area (Å²) in [6, 6.07) is 4.39. The maximum atomic E-state index is 10.8. The van der Waals surface area contributed by atoms with Crippen molar-refractivity contribution in [3.8, 4) is 5.88 Å². The molecule has 1 aromatic heterocycles. The molecule has 0 amide bonds. The second-order valence-corrected chi connectivity index (χ2v) is 4.21. The molecule has 2 rings (SSSR count). The van der Waals surface area contributed by atoms with E-state index in [1.807, 2.05) is 6.92 Å². The van der Waals surface area contributed by atoms with Crippen molar-refractivity contribution in [2.45, 2.75) is 6.92 Å². The second-order valence-electron chi connectivity index (χ2n) is 3.80. The van der Waals surface area contributed by atoms with E-state index < -0.39 is 5.97 Å². The second kappa shape index (κ2) is 6.21. The molecule has 0 atom stereocenters. The average molecular weight is 294 g/mol. The molecule has 0 aliphatic rings. The zero-order chi connectivity index (χ0) is 14.5. The van der Waals surface area contributed by atoms with E-state index >= 15 is 0 Å². The predicted molar refractivity (Wildman–Crippen MR) is 74.9 cm³/mol. The summed E-state index contributed by atoms with van der Waals surface area (Å²) in [5.74, 6) is -0.173. The normalized spacial score (nSPS) is 10.1. The Labute approximate surface area is 120 Å². The Balaban J connectivity index is 2.21. The first-order chi connectivity index (χ1) is 9.60. The zero-order valence-electron chi connectivity index (χ0n) is 10.6. The largest absolute Gasteiger partial charge is 0.478 e. The number of halogens is 1. The summed E-state index contributed by atoms with van der Waals surface area (Å²) in [4.78, 5) is 19.0. The van der Waals surface area contributed by atoms with E-state index in [-0.39, 0.29) is 10.6 Å². The molecule has 0 unspecified atom stereocenters. The molecular weight excluding hydrogens is 282 g/mol. The summed E-state index contributed by atoms with van der Waals surface area (Å²) in [6.45, 7) is 2.34. The molecule has 6 nitrogen and oxygen atoms in total. The Morgan fingerprint density at radius 2 is 2.25 bits per heavy atom. The average Bonchev–Trinajstić information content (AvgIpc) is 2.42. The summed E-state index contributed by atoms with van der Waals surface area (Å²) in [5, 5.41) is 12.1. The van der Waals surface area contributed by atoms with Crippen LogP contribution in [0.4, 0.5) is 11.5 Å². The fraction of sp³-hybridized carbons (Fsp3) is 0.154. The van der Waals surface area contributed by atoms with Crippen LogP contribution >= 0.6 is 11.6 Å². The van der Waals surface area contributed by atoms with Crippen LogP contribution in [0.5, 0.6) is 5.88 Å². The number of ether oxygens (including phenoxy) is 1. The number of nitrogens with zero attached hydrogens (tertiary/aromatic N) is 2. The molecule has 2 aromatic rings. The number of hydrogen-bond acceptors (Lipinski definition) is 5. The number of nitrogens with one attached hydrogen (secondary N) is 1. The number of aromatic carboxylic acids is 1. The smallest absolute Gasteiger partial charge is 0.335 e. The SMILES string of the molecule is CCOc1cncc(Nc2ccc(C(=O)O)cc2Cl)n1. The van der Waals surface area contributed by atoms with Gasteiger partial charge in [0.05, 0.1) is 35.3 Å². The third-order valence-electron chi connectivity index (χ3n) is 2.38. The van der Waals surface area contributed by atoms with E-state index in [1.54, 1.807) is 6.07 Å². The highest BCUT2D eigenvalue weighted by Gasteiger charge is 2.08. The van der Waals surface area contributed by atoms with Crippen molar-refractivity contribution >= 4 is 29.1 Å². The van der Waals surface area contributed by atoms with E-state index in [0.717, 1.165) is 0 Å². The molecular formula is C13H12ClN3O3. The van der Waals surface area contributed by atoms with E-state index in [9.17, 15) is 4.79 Å². The standard InChI is InChI=1S/C13H12ClN3O3/c1-2-20-12-7-15-6-11(17-12)16-10-4-3-8(13(18)19)5-9(10)14/h3-7H,2H2,1H3,(H,16,17)(H,18,19). The van der Waals surface area contributed by atoms with Crippen molar-refractivity contribution in [3.63, 3.8) is 0 Å². The molecule has 0 bridgehead atoms. The van der Waals surface area contributed by atoms with Crippen LogP contribution in [0.25, 0.3) is 0 Å². The quantitative estimate of drug-likeness (QED) is 0.881. The van der Waals surface area contributed by atoms with Gasteiger partial charge in [-0.05, 0) is 25.1 Å². The number of rotatable bonds is 5. The molecule has 20 heavy (non-hydrogen) atoms. The first kappa shape index (κ1) is 14.1. The number of carboxylic acids is 1. The van der Waals surface area contributed by atoms with Gasteiger partial charge in [-0.1, -0.05) is 11.6 Å². The first-order valence-electron chi connectivity index (χ1n) is 5.85. The summed E-state index contributed by atoms with van der Waals surface area (Å²) in [6.07, 6.45) is 3.02. The number of carbonyl (C=O) groups is 1. The van der Waals surface area contributed by atoms with Gasteiger partial charge < -0.3 is 15.2 Å². The monoisotopic (exact) mass is 293 g/mol. The Bertz CT molecular complexity index is 634. The Kier molecular flexibility index (Phi) is 4.37. The lowest BCUT2D eigenvalue weighted by Crippen LogP contribution is -2.01. The topological polar surface area (TPSA) is 84.3 Å². The van der Waals surface area contributed by atoms with Crippen molar-refractivity contribution < 1.29 is 14.6 Å². The number of hydrogen-bond donors (Lipinski definition) is 2. The van der Waals surface area contributed by atoms with Gasteiger partial charge in [-0.2, -0.15) is 4.98 Å². The van der Waals surface area contributed by atoms with Crippen LogP contribution in [0.1, 0.15) is 17.3 Å². The minimum absolute atomic E-state index is 0.120. The van der Waals surface area contributed by atoms with E-state index in [0.29, 0.717) is 24.0 Å². The molecule has 1 heterocycles. The third kappa shape index (κ3) is 3.36. The van der Waals surface area contributed by atoms with Gasteiger partial charge in [0.1, 0.15) is 0 Å². The van der Waals surface area contributed by atoms with Gasteiger partial charge in [0.25, 0.3) is 0 Å². The molecule has 1 aromatic carbocycles. The highest BCUT2D eigenvalue weighted by molar-refractivity contribution is 6.33. The molecule has 2 N–H and O–H groups in total. The fourth-order valence-corrected chi connectivity index (χ4v) is 1.74. The van der Waals surface area contributed by atoms with Crippen LogP contribution in [0.15, 0.2) is 30.6 Å². The van der Waals surface area contributed by atoms with Crippen LogP contribution in [-0.2, 0) is 0 Å². The molecule has 0 aliphatic heterocycles. The van der Waals surface area contributed by atoms with Gasteiger partial charge in [0, 0.05) is 0 Å². The molecule has 104 valence electrons. The lowest BCUT2D eigenvalue weighted by molar-refractivity contribution is 0.0697. The van der Waals surface area contributed by atoms with Crippen LogP contribution in [0.2, 0.25) is 5.02 Å². The Morgan fingerprint density at radius 1 is 1.45 bits per heavy atom. The van der Waals surface area contributed by atoms with Crippen LogP contribution in [0, 0.1) is 0 Å². The maximum Gasteiger partial charge on any atom is 0.335 e. The molecule has 0 radical (unpaired) electrons. The Morgan fingerprint density at radius 3 is 2.90 bits per heavy atom. The Hall–Kier alpha value is -2.34. The molecule has 0 spiro atoms. The summed E-state index contributed by atoms with van der Waals surface area (Å²) in [5.41, 5.74) is 0.661. The van der Waals surface area contributed by atoms with Crippen molar-refractivity contribution in [1.29, 1.82) is 0 Å². The van der Waals surface area contributed by atoms with Gasteiger partial charge in [0.15, 0.2) is 5.82 Å². The van der Waals surface area contributed by atoms with Crippen LogP contribution in [0.3, 0.4) is 0 Å². The molecule has 7 heteroatoms. The molecule has 0 saturated carbocycles.